The van der Waals surface area contributed by atoms with Crippen LogP contribution >= 0.6 is 15.9 Å². The lowest BCUT2D eigenvalue weighted by molar-refractivity contribution is 0.505. The van der Waals surface area contributed by atoms with Crippen molar-refractivity contribution in [3.8, 4) is 0 Å². The number of hydrogen-bond donors (Lipinski definition) is 0. The summed E-state index contributed by atoms with van der Waals surface area (Å²) in [6, 6.07) is 0. The van der Waals surface area contributed by atoms with Gasteiger partial charge in [-0.05, 0) is 24.7 Å². The summed E-state index contributed by atoms with van der Waals surface area (Å²) in [6.45, 7) is 2.31. The first-order valence-corrected chi connectivity index (χ1v) is 5.05. The van der Waals surface area contributed by atoms with Crippen LogP contribution < -0.4 is 0 Å². The van der Waals surface area contributed by atoms with Crippen molar-refractivity contribution in [3.05, 3.63) is 0 Å². The summed E-state index contributed by atoms with van der Waals surface area (Å²) in [4.78, 5) is 0. The summed E-state index contributed by atoms with van der Waals surface area (Å²) in [7, 11) is 0. The number of rotatable bonds is 2. The molecule has 0 saturated heterocycles. The van der Waals surface area contributed by atoms with E-state index in [1.807, 2.05) is 0 Å². The van der Waals surface area contributed by atoms with E-state index in [1.54, 1.807) is 0 Å². The van der Waals surface area contributed by atoms with Crippen LogP contribution in [0, 0.1) is 11.8 Å². The van der Waals surface area contributed by atoms with Crippen LogP contribution in [0.25, 0.3) is 0 Å². The first-order chi connectivity index (χ1) is 4.36. The fourth-order valence-electron chi connectivity index (χ4n) is 1.69. The topological polar surface area (TPSA) is 0 Å². The normalized spacial score (nSPS) is 35.3. The van der Waals surface area contributed by atoms with Gasteiger partial charge >= 0.3 is 0 Å². The Hall–Kier alpha value is 0.480. The van der Waals surface area contributed by atoms with Crippen molar-refractivity contribution >= 4 is 15.9 Å². The van der Waals surface area contributed by atoms with E-state index in [0.717, 1.165) is 11.8 Å². The van der Waals surface area contributed by atoms with Crippen molar-refractivity contribution in [1.29, 1.82) is 0 Å². The van der Waals surface area contributed by atoms with Gasteiger partial charge in [-0.15, -0.1) is 0 Å². The van der Waals surface area contributed by atoms with Gasteiger partial charge in [0.05, 0.1) is 0 Å². The molecule has 1 fully saturated rings. The van der Waals surface area contributed by atoms with Crippen molar-refractivity contribution in [2.45, 2.75) is 32.6 Å². The van der Waals surface area contributed by atoms with Gasteiger partial charge in [0.2, 0.25) is 0 Å². The molecule has 0 aromatic heterocycles. The van der Waals surface area contributed by atoms with E-state index < -0.39 is 0 Å². The standard InChI is InChI=1S/C8H15Br/c1-2-7-3-4-8(5-7)6-9/h7-8H,2-6H2,1H3/t7-,8-/m1/s1. The molecule has 0 aromatic carbocycles. The van der Waals surface area contributed by atoms with Gasteiger partial charge in [-0.25, -0.2) is 0 Å². The van der Waals surface area contributed by atoms with E-state index in [4.69, 9.17) is 0 Å². The Kier molecular flexibility index (Phi) is 3.03. The molecule has 0 heterocycles. The molecule has 0 aliphatic heterocycles. The quantitative estimate of drug-likeness (QED) is 0.588. The third kappa shape index (κ3) is 1.96. The SMILES string of the molecule is CC[C@@H]1CC[C@@H](CBr)C1. The highest BCUT2D eigenvalue weighted by Gasteiger charge is 2.21. The van der Waals surface area contributed by atoms with Crippen molar-refractivity contribution in [1.82, 2.24) is 0 Å². The van der Waals surface area contributed by atoms with Crippen molar-refractivity contribution in [2.24, 2.45) is 11.8 Å². The molecule has 0 radical (unpaired) electrons. The van der Waals surface area contributed by atoms with Gasteiger partial charge in [0.25, 0.3) is 0 Å². The second-order valence-electron chi connectivity index (χ2n) is 3.11. The fraction of sp³-hybridized carbons (Fsp3) is 1.00. The van der Waals surface area contributed by atoms with Gasteiger partial charge in [0.1, 0.15) is 0 Å². The minimum atomic E-state index is 0.995. The highest BCUT2D eigenvalue weighted by molar-refractivity contribution is 9.09. The Bertz CT molecular complexity index is 70.6. The molecular weight excluding hydrogens is 176 g/mol. The summed E-state index contributed by atoms with van der Waals surface area (Å²) in [5.41, 5.74) is 0. The molecule has 1 saturated carbocycles. The summed E-state index contributed by atoms with van der Waals surface area (Å²) < 4.78 is 0. The third-order valence-electron chi connectivity index (χ3n) is 2.45. The summed E-state index contributed by atoms with van der Waals surface area (Å²) >= 11 is 3.53. The Morgan fingerprint density at radius 1 is 1.33 bits per heavy atom. The van der Waals surface area contributed by atoms with Crippen LogP contribution in [-0.4, -0.2) is 5.33 Å². The minimum absolute atomic E-state index is 0.995. The fourth-order valence-corrected chi connectivity index (χ4v) is 2.28. The van der Waals surface area contributed by atoms with Gasteiger partial charge in [-0.2, -0.15) is 0 Å². The van der Waals surface area contributed by atoms with Crippen LogP contribution in [0.3, 0.4) is 0 Å². The lowest BCUT2D eigenvalue weighted by Gasteiger charge is -2.04. The predicted octanol–water partition coefficient (Wildman–Crippen LogP) is 3.21. The van der Waals surface area contributed by atoms with Crippen LogP contribution in [0.15, 0.2) is 0 Å². The molecular formula is C8H15Br. The van der Waals surface area contributed by atoms with Gasteiger partial charge in [-0.1, -0.05) is 35.7 Å². The molecule has 1 aliphatic rings. The van der Waals surface area contributed by atoms with Crippen LogP contribution in [0.4, 0.5) is 0 Å². The Morgan fingerprint density at radius 3 is 2.33 bits per heavy atom. The first kappa shape index (κ1) is 7.59. The highest BCUT2D eigenvalue weighted by Crippen LogP contribution is 2.33. The minimum Gasteiger partial charge on any atom is -0.0925 e. The van der Waals surface area contributed by atoms with Gasteiger partial charge in [0.15, 0.2) is 0 Å². The van der Waals surface area contributed by atoms with Crippen molar-refractivity contribution < 1.29 is 0 Å². The molecule has 0 amide bonds. The largest absolute Gasteiger partial charge is 0.0925 e. The molecule has 1 heteroatoms. The molecule has 1 rings (SSSR count). The van der Waals surface area contributed by atoms with E-state index >= 15 is 0 Å². The van der Waals surface area contributed by atoms with Crippen molar-refractivity contribution in [3.63, 3.8) is 0 Å². The molecule has 0 aromatic rings. The number of alkyl halides is 1. The average Bonchev–Trinajstić information content (AvgIpc) is 2.34. The lowest BCUT2D eigenvalue weighted by atomic mass is 10.0. The van der Waals surface area contributed by atoms with E-state index in [1.165, 1.54) is 31.0 Å². The molecule has 9 heavy (non-hydrogen) atoms. The zero-order valence-electron chi connectivity index (χ0n) is 6.07. The molecule has 0 spiro atoms. The monoisotopic (exact) mass is 190 g/mol. The smallest absolute Gasteiger partial charge is 0.00597 e. The number of halogens is 1. The summed E-state index contributed by atoms with van der Waals surface area (Å²) in [5.74, 6) is 2.04. The maximum atomic E-state index is 3.53. The number of hydrogen-bond acceptors (Lipinski definition) is 0. The maximum absolute atomic E-state index is 3.53. The Balaban J connectivity index is 2.20. The molecule has 1 aliphatic carbocycles. The highest BCUT2D eigenvalue weighted by atomic mass is 79.9. The average molecular weight is 191 g/mol. The van der Waals surface area contributed by atoms with E-state index in [-0.39, 0.29) is 0 Å². The van der Waals surface area contributed by atoms with E-state index in [9.17, 15) is 0 Å². The lowest BCUT2D eigenvalue weighted by Crippen LogP contribution is -1.95. The molecule has 0 unspecified atom stereocenters. The second-order valence-corrected chi connectivity index (χ2v) is 3.76. The van der Waals surface area contributed by atoms with Crippen molar-refractivity contribution in [2.75, 3.05) is 5.33 Å². The zero-order chi connectivity index (χ0) is 6.69. The van der Waals surface area contributed by atoms with Crippen LogP contribution in [0.2, 0.25) is 0 Å². The summed E-state index contributed by atoms with van der Waals surface area (Å²) in [5, 5.41) is 1.23. The Labute approximate surface area is 66.2 Å². The zero-order valence-corrected chi connectivity index (χ0v) is 7.65. The predicted molar refractivity (Wildman–Crippen MR) is 44.9 cm³/mol. The van der Waals surface area contributed by atoms with Gasteiger partial charge in [0, 0.05) is 5.33 Å². The van der Waals surface area contributed by atoms with E-state index in [2.05, 4.69) is 22.9 Å². The van der Waals surface area contributed by atoms with Crippen LogP contribution in [0.5, 0.6) is 0 Å². The molecule has 54 valence electrons. The van der Waals surface area contributed by atoms with E-state index in [0.29, 0.717) is 0 Å². The molecule has 0 N–H and O–H groups in total. The summed E-state index contributed by atoms with van der Waals surface area (Å²) in [6.07, 6.45) is 5.81. The third-order valence-corrected chi connectivity index (χ3v) is 3.36. The second kappa shape index (κ2) is 3.60. The van der Waals surface area contributed by atoms with Crippen LogP contribution in [-0.2, 0) is 0 Å². The maximum Gasteiger partial charge on any atom is 0.00597 e. The Morgan fingerprint density at radius 2 is 2.00 bits per heavy atom. The van der Waals surface area contributed by atoms with Gasteiger partial charge in [-0.3, -0.25) is 0 Å². The molecule has 0 nitrogen and oxygen atoms in total. The van der Waals surface area contributed by atoms with Gasteiger partial charge < -0.3 is 0 Å². The molecule has 0 bridgehead atoms. The van der Waals surface area contributed by atoms with Crippen LogP contribution in [0.1, 0.15) is 32.6 Å². The molecule has 2 atom stereocenters. The first-order valence-electron chi connectivity index (χ1n) is 3.92.